The molecule has 1 aliphatic rings. The van der Waals surface area contributed by atoms with Crippen LogP contribution < -0.4 is 4.72 Å². The van der Waals surface area contributed by atoms with E-state index in [0.29, 0.717) is 5.92 Å². The van der Waals surface area contributed by atoms with Gasteiger partial charge in [-0.05, 0) is 30.9 Å². The fourth-order valence-electron chi connectivity index (χ4n) is 2.74. The van der Waals surface area contributed by atoms with Gasteiger partial charge in [-0.15, -0.1) is 0 Å². The lowest BCUT2D eigenvalue weighted by Gasteiger charge is -2.28. The summed E-state index contributed by atoms with van der Waals surface area (Å²) < 4.78 is 27.5. The van der Waals surface area contributed by atoms with Crippen molar-refractivity contribution in [3.63, 3.8) is 0 Å². The first-order valence-corrected chi connectivity index (χ1v) is 8.42. The lowest BCUT2D eigenvalue weighted by atomic mass is 9.85. The van der Waals surface area contributed by atoms with Crippen LogP contribution in [0.25, 0.3) is 0 Å². The minimum absolute atomic E-state index is 0.0267. The van der Waals surface area contributed by atoms with Gasteiger partial charge in [0.1, 0.15) is 11.0 Å². The number of nitrogens with one attached hydrogen (secondary N) is 1. The van der Waals surface area contributed by atoms with Crippen LogP contribution in [0, 0.1) is 17.2 Å². The van der Waals surface area contributed by atoms with Crippen LogP contribution in [0.3, 0.4) is 0 Å². The van der Waals surface area contributed by atoms with Crippen molar-refractivity contribution in [3.8, 4) is 6.07 Å². The fraction of sp³-hybridized carbons (Fsp3) is 0.571. The van der Waals surface area contributed by atoms with Gasteiger partial charge in [0.05, 0.1) is 0 Å². The predicted octanol–water partition coefficient (Wildman–Crippen LogP) is 2.20. The Bertz CT molecular complexity index is 607. The summed E-state index contributed by atoms with van der Waals surface area (Å²) in [5, 5.41) is 8.96. The van der Waals surface area contributed by atoms with Crippen LogP contribution in [0.15, 0.2) is 23.2 Å². The Hall–Kier alpha value is -1.45. The molecule has 1 aliphatic carbocycles. The molecule has 0 radical (unpaired) electrons. The monoisotopic (exact) mass is 293 g/mol. The molecule has 2 rings (SSSR count). The Morgan fingerprint density at radius 3 is 3.00 bits per heavy atom. The Morgan fingerprint density at radius 1 is 1.50 bits per heavy atom. The van der Waals surface area contributed by atoms with E-state index >= 15 is 0 Å². The van der Waals surface area contributed by atoms with Gasteiger partial charge in [0.25, 0.3) is 0 Å². The molecule has 2 unspecified atom stereocenters. The van der Waals surface area contributed by atoms with Crippen LogP contribution >= 0.6 is 0 Å². The summed E-state index contributed by atoms with van der Waals surface area (Å²) in [7, 11) is -3.67. The summed E-state index contributed by atoms with van der Waals surface area (Å²) in [6.45, 7) is 2.14. The number of aromatic nitrogens is 1. The molecule has 2 atom stereocenters. The highest BCUT2D eigenvalue weighted by Crippen LogP contribution is 2.27. The van der Waals surface area contributed by atoms with Crippen LogP contribution in [-0.2, 0) is 10.0 Å². The van der Waals surface area contributed by atoms with Gasteiger partial charge in [-0.3, -0.25) is 0 Å². The molecule has 0 saturated heterocycles. The van der Waals surface area contributed by atoms with E-state index in [1.54, 1.807) is 0 Å². The van der Waals surface area contributed by atoms with Crippen LogP contribution in [0.5, 0.6) is 0 Å². The maximum absolute atomic E-state index is 12.4. The van der Waals surface area contributed by atoms with E-state index in [0.717, 1.165) is 25.7 Å². The predicted molar refractivity (Wildman–Crippen MR) is 75.3 cm³/mol. The largest absolute Gasteiger partial charge is 0.244 e. The topological polar surface area (TPSA) is 82.8 Å². The molecule has 0 aromatic carbocycles. The third kappa shape index (κ3) is 3.35. The highest BCUT2D eigenvalue weighted by atomic mass is 32.2. The summed E-state index contributed by atoms with van der Waals surface area (Å²) in [5.74, 6) is 0.584. The van der Waals surface area contributed by atoms with Crippen LogP contribution in [-0.4, -0.2) is 19.4 Å². The number of hydrogen-bond acceptors (Lipinski definition) is 4. The maximum Gasteiger partial charge on any atom is 0.243 e. The van der Waals surface area contributed by atoms with E-state index in [2.05, 4.69) is 16.6 Å². The molecule has 1 N–H and O–H groups in total. The number of rotatable bonds is 4. The summed E-state index contributed by atoms with van der Waals surface area (Å²) in [6, 6.07) is 4.75. The number of sulfonamides is 1. The summed E-state index contributed by atoms with van der Waals surface area (Å²) >= 11 is 0. The molecule has 20 heavy (non-hydrogen) atoms. The van der Waals surface area contributed by atoms with Crippen molar-refractivity contribution in [3.05, 3.63) is 24.0 Å². The zero-order valence-electron chi connectivity index (χ0n) is 11.5. The fourth-order valence-corrected chi connectivity index (χ4v) is 4.13. The van der Waals surface area contributed by atoms with E-state index in [9.17, 15) is 8.42 Å². The SMILES string of the molecule is CCC1CCCC(NS(=O)(=O)c2cccnc2C#N)C1. The molecule has 0 amide bonds. The normalized spacial score (nSPS) is 23.2. The lowest BCUT2D eigenvalue weighted by Crippen LogP contribution is -2.38. The van der Waals surface area contributed by atoms with Gasteiger partial charge >= 0.3 is 0 Å². The average molecular weight is 293 g/mol. The van der Waals surface area contributed by atoms with Crippen LogP contribution in [0.2, 0.25) is 0 Å². The van der Waals surface area contributed by atoms with E-state index in [4.69, 9.17) is 5.26 Å². The second kappa shape index (κ2) is 6.33. The molecule has 1 aromatic rings. The van der Waals surface area contributed by atoms with Crippen molar-refractivity contribution in [2.24, 2.45) is 5.92 Å². The first kappa shape index (κ1) is 14.9. The Labute approximate surface area is 120 Å². The van der Waals surface area contributed by atoms with Gasteiger partial charge in [-0.1, -0.05) is 26.2 Å². The smallest absolute Gasteiger partial charge is 0.243 e. The van der Waals surface area contributed by atoms with Crippen molar-refractivity contribution in [1.29, 1.82) is 5.26 Å². The van der Waals surface area contributed by atoms with Gasteiger partial charge in [0.15, 0.2) is 5.69 Å². The second-order valence-electron chi connectivity index (χ2n) is 5.22. The molecular formula is C14H19N3O2S. The highest BCUT2D eigenvalue weighted by molar-refractivity contribution is 7.89. The molecule has 6 heteroatoms. The van der Waals surface area contributed by atoms with E-state index in [-0.39, 0.29) is 16.6 Å². The number of nitriles is 1. The Kier molecular flexibility index (Phi) is 4.73. The van der Waals surface area contributed by atoms with Gasteiger partial charge < -0.3 is 0 Å². The highest BCUT2D eigenvalue weighted by Gasteiger charge is 2.27. The van der Waals surface area contributed by atoms with Gasteiger partial charge in [-0.2, -0.15) is 5.26 Å². The molecule has 0 aliphatic heterocycles. The zero-order valence-corrected chi connectivity index (χ0v) is 12.4. The molecule has 1 saturated carbocycles. The van der Waals surface area contributed by atoms with Crippen molar-refractivity contribution >= 4 is 10.0 Å². The van der Waals surface area contributed by atoms with Crippen molar-refractivity contribution in [1.82, 2.24) is 9.71 Å². The molecule has 0 bridgehead atoms. The van der Waals surface area contributed by atoms with Crippen molar-refractivity contribution < 1.29 is 8.42 Å². The number of pyridine rings is 1. The van der Waals surface area contributed by atoms with E-state index in [1.165, 1.54) is 24.8 Å². The number of hydrogen-bond donors (Lipinski definition) is 1. The van der Waals surface area contributed by atoms with E-state index in [1.807, 2.05) is 6.07 Å². The molecule has 108 valence electrons. The molecule has 1 fully saturated rings. The first-order chi connectivity index (χ1) is 9.56. The molecule has 5 nitrogen and oxygen atoms in total. The molecule has 1 aromatic heterocycles. The summed E-state index contributed by atoms with van der Waals surface area (Å²) in [4.78, 5) is 3.78. The van der Waals surface area contributed by atoms with Gasteiger partial charge in [-0.25, -0.2) is 18.1 Å². The Balaban J connectivity index is 2.17. The number of nitrogens with zero attached hydrogens (tertiary/aromatic N) is 2. The summed E-state index contributed by atoms with van der Waals surface area (Å²) in [6.07, 6.45) is 6.45. The quantitative estimate of drug-likeness (QED) is 0.922. The zero-order chi connectivity index (χ0) is 14.6. The maximum atomic E-state index is 12.4. The standard InChI is InChI=1S/C14H19N3O2S/c1-2-11-5-3-6-12(9-11)17-20(18,19)14-7-4-8-16-13(14)10-15/h4,7-8,11-12,17H,2-3,5-6,9H2,1H3. The third-order valence-corrected chi connectivity index (χ3v) is 5.40. The van der Waals surface area contributed by atoms with Crippen molar-refractivity contribution in [2.45, 2.75) is 50.0 Å². The minimum atomic E-state index is -3.67. The molecule has 1 heterocycles. The minimum Gasteiger partial charge on any atom is -0.244 e. The Morgan fingerprint density at radius 2 is 2.30 bits per heavy atom. The second-order valence-corrected chi connectivity index (χ2v) is 6.90. The molecule has 0 spiro atoms. The average Bonchev–Trinajstić information content (AvgIpc) is 2.47. The van der Waals surface area contributed by atoms with Crippen LogP contribution in [0.4, 0.5) is 0 Å². The third-order valence-electron chi connectivity index (χ3n) is 3.85. The van der Waals surface area contributed by atoms with Gasteiger partial charge in [0.2, 0.25) is 10.0 Å². The van der Waals surface area contributed by atoms with E-state index < -0.39 is 10.0 Å². The van der Waals surface area contributed by atoms with Gasteiger partial charge in [0, 0.05) is 12.2 Å². The summed E-state index contributed by atoms with van der Waals surface area (Å²) in [5.41, 5.74) is -0.0529. The lowest BCUT2D eigenvalue weighted by molar-refractivity contribution is 0.301. The first-order valence-electron chi connectivity index (χ1n) is 6.94. The van der Waals surface area contributed by atoms with Crippen molar-refractivity contribution in [2.75, 3.05) is 0 Å². The van der Waals surface area contributed by atoms with Crippen LogP contribution in [0.1, 0.15) is 44.7 Å². The molecular weight excluding hydrogens is 274 g/mol.